The van der Waals surface area contributed by atoms with E-state index in [9.17, 15) is 4.79 Å². The highest BCUT2D eigenvalue weighted by atomic mass is 35.5. The number of rotatable bonds is 5. The monoisotopic (exact) mass is 393 g/mol. The molecule has 0 radical (unpaired) electrons. The average molecular weight is 394 g/mol. The van der Waals surface area contributed by atoms with Crippen LogP contribution in [0.25, 0.3) is 0 Å². The van der Waals surface area contributed by atoms with Gasteiger partial charge in [0, 0.05) is 30.5 Å². The topological polar surface area (TPSA) is 55.3 Å². The number of carbonyl (C=O) groups excluding carboxylic acids is 1. The van der Waals surface area contributed by atoms with Gasteiger partial charge < -0.3 is 9.64 Å². The Labute approximate surface area is 163 Å². The van der Waals surface area contributed by atoms with Crippen LogP contribution < -0.4 is 4.74 Å². The Morgan fingerprint density at radius 2 is 2.23 bits per heavy atom. The van der Waals surface area contributed by atoms with E-state index in [1.807, 2.05) is 4.90 Å². The fourth-order valence-electron chi connectivity index (χ4n) is 3.24. The molecule has 7 heteroatoms. The maximum Gasteiger partial charge on any atom is 0.257 e. The standard InChI is InChI=1S/C19H24ClN3O2S/c1-12(2)9-17-21-22-18(26-17)13-5-4-8-23(11-13)19(24)15-10-14(20)6-7-16(15)25-3/h6-7,10,12-13H,4-5,8-9,11H2,1-3H3. The minimum Gasteiger partial charge on any atom is -0.496 e. The molecule has 1 aliphatic rings. The first kappa shape index (κ1) is 19.1. The molecule has 0 bridgehead atoms. The van der Waals surface area contributed by atoms with E-state index < -0.39 is 0 Å². The predicted molar refractivity (Wildman–Crippen MR) is 104 cm³/mol. The van der Waals surface area contributed by atoms with Gasteiger partial charge in [-0.25, -0.2) is 0 Å². The molecule has 1 aliphatic heterocycles. The molecule has 1 amide bonds. The number of hydrogen-bond acceptors (Lipinski definition) is 5. The van der Waals surface area contributed by atoms with Gasteiger partial charge in [0.2, 0.25) is 0 Å². The normalized spacial score (nSPS) is 17.6. The molecule has 0 spiro atoms. The van der Waals surface area contributed by atoms with Gasteiger partial charge in [-0.3, -0.25) is 4.79 Å². The van der Waals surface area contributed by atoms with Crippen molar-refractivity contribution in [3.05, 3.63) is 38.8 Å². The lowest BCUT2D eigenvalue weighted by Crippen LogP contribution is -2.39. The van der Waals surface area contributed by atoms with Gasteiger partial charge in [-0.2, -0.15) is 0 Å². The van der Waals surface area contributed by atoms with Gasteiger partial charge in [-0.1, -0.05) is 25.4 Å². The van der Waals surface area contributed by atoms with Gasteiger partial charge >= 0.3 is 0 Å². The van der Waals surface area contributed by atoms with E-state index in [-0.39, 0.29) is 11.8 Å². The number of nitrogens with zero attached hydrogens (tertiary/aromatic N) is 3. The largest absolute Gasteiger partial charge is 0.496 e. The Balaban J connectivity index is 1.75. The number of methoxy groups -OCH3 is 1. The lowest BCUT2D eigenvalue weighted by Gasteiger charge is -2.32. The van der Waals surface area contributed by atoms with Crippen LogP contribution in [0.15, 0.2) is 18.2 Å². The van der Waals surface area contributed by atoms with E-state index in [0.717, 1.165) is 35.8 Å². The maximum atomic E-state index is 13.0. The number of piperidine rings is 1. The number of carbonyl (C=O) groups is 1. The molecule has 2 heterocycles. The highest BCUT2D eigenvalue weighted by Gasteiger charge is 2.29. The molecule has 0 aliphatic carbocycles. The van der Waals surface area contributed by atoms with E-state index in [2.05, 4.69) is 24.0 Å². The van der Waals surface area contributed by atoms with Crippen molar-refractivity contribution in [1.82, 2.24) is 15.1 Å². The number of benzene rings is 1. The molecule has 1 unspecified atom stereocenters. The Kier molecular flexibility index (Phi) is 6.14. The van der Waals surface area contributed by atoms with Crippen LogP contribution >= 0.6 is 22.9 Å². The van der Waals surface area contributed by atoms with Gasteiger partial charge in [-0.15, -0.1) is 21.5 Å². The SMILES string of the molecule is COc1ccc(Cl)cc1C(=O)N1CCCC(c2nnc(CC(C)C)s2)C1. The summed E-state index contributed by atoms with van der Waals surface area (Å²) in [7, 11) is 1.57. The zero-order chi connectivity index (χ0) is 18.7. The van der Waals surface area contributed by atoms with Crippen LogP contribution in [-0.2, 0) is 6.42 Å². The van der Waals surface area contributed by atoms with Gasteiger partial charge in [0.15, 0.2) is 0 Å². The van der Waals surface area contributed by atoms with E-state index in [1.165, 1.54) is 0 Å². The van der Waals surface area contributed by atoms with Crippen LogP contribution in [0, 0.1) is 5.92 Å². The van der Waals surface area contributed by atoms with E-state index in [4.69, 9.17) is 16.3 Å². The van der Waals surface area contributed by atoms with Crippen molar-refractivity contribution in [2.75, 3.05) is 20.2 Å². The molecular formula is C19H24ClN3O2S. The van der Waals surface area contributed by atoms with Crippen molar-refractivity contribution in [3.8, 4) is 5.75 Å². The first-order valence-electron chi connectivity index (χ1n) is 8.93. The van der Waals surface area contributed by atoms with Crippen molar-refractivity contribution in [2.45, 2.75) is 39.0 Å². The Hall–Kier alpha value is -1.66. The number of hydrogen-bond donors (Lipinski definition) is 0. The minimum atomic E-state index is -0.0408. The maximum absolute atomic E-state index is 13.0. The van der Waals surface area contributed by atoms with Gasteiger partial charge in [-0.05, 0) is 37.0 Å². The van der Waals surface area contributed by atoms with Crippen LogP contribution in [0.5, 0.6) is 5.75 Å². The third kappa shape index (κ3) is 4.35. The minimum absolute atomic E-state index is 0.0408. The summed E-state index contributed by atoms with van der Waals surface area (Å²) in [6, 6.07) is 5.14. The molecule has 1 saturated heterocycles. The molecule has 1 aromatic carbocycles. The van der Waals surface area contributed by atoms with Crippen molar-refractivity contribution in [2.24, 2.45) is 5.92 Å². The summed E-state index contributed by atoms with van der Waals surface area (Å²) in [5, 5.41) is 11.4. The van der Waals surface area contributed by atoms with Gasteiger partial charge in [0.25, 0.3) is 5.91 Å². The Morgan fingerprint density at radius 3 is 2.96 bits per heavy atom. The fraction of sp³-hybridized carbons (Fsp3) is 0.526. The number of amides is 1. The zero-order valence-electron chi connectivity index (χ0n) is 15.4. The second-order valence-electron chi connectivity index (χ2n) is 7.07. The molecule has 3 rings (SSSR count). The van der Waals surface area contributed by atoms with Crippen molar-refractivity contribution in [3.63, 3.8) is 0 Å². The second kappa shape index (κ2) is 8.35. The smallest absolute Gasteiger partial charge is 0.257 e. The van der Waals surface area contributed by atoms with Crippen molar-refractivity contribution < 1.29 is 9.53 Å². The van der Waals surface area contributed by atoms with Crippen molar-refractivity contribution >= 4 is 28.8 Å². The van der Waals surface area contributed by atoms with Crippen LogP contribution in [0.1, 0.15) is 53.0 Å². The molecule has 1 aromatic heterocycles. The van der Waals surface area contributed by atoms with E-state index in [1.54, 1.807) is 36.6 Å². The lowest BCUT2D eigenvalue weighted by atomic mass is 9.98. The summed E-state index contributed by atoms with van der Waals surface area (Å²) in [4.78, 5) is 14.9. The first-order chi connectivity index (χ1) is 12.5. The summed E-state index contributed by atoms with van der Waals surface area (Å²) in [5.41, 5.74) is 0.512. The number of halogens is 1. The Bertz CT molecular complexity index is 778. The highest BCUT2D eigenvalue weighted by Crippen LogP contribution is 2.32. The quantitative estimate of drug-likeness (QED) is 0.754. The van der Waals surface area contributed by atoms with E-state index in [0.29, 0.717) is 28.8 Å². The second-order valence-corrected chi connectivity index (χ2v) is 8.60. The van der Waals surface area contributed by atoms with E-state index >= 15 is 0 Å². The summed E-state index contributed by atoms with van der Waals surface area (Å²) in [6.45, 7) is 5.76. The number of aromatic nitrogens is 2. The fourth-order valence-corrected chi connectivity index (χ4v) is 4.60. The summed E-state index contributed by atoms with van der Waals surface area (Å²) in [6.07, 6.45) is 2.94. The first-order valence-corrected chi connectivity index (χ1v) is 10.1. The molecule has 140 valence electrons. The molecule has 0 saturated carbocycles. The molecule has 26 heavy (non-hydrogen) atoms. The average Bonchev–Trinajstić information content (AvgIpc) is 3.09. The summed E-state index contributed by atoms with van der Waals surface area (Å²) < 4.78 is 5.34. The van der Waals surface area contributed by atoms with Crippen molar-refractivity contribution in [1.29, 1.82) is 0 Å². The molecule has 1 fully saturated rings. The third-order valence-corrected chi connectivity index (χ3v) is 5.86. The van der Waals surface area contributed by atoms with Crippen LogP contribution in [0.2, 0.25) is 5.02 Å². The summed E-state index contributed by atoms with van der Waals surface area (Å²) >= 11 is 7.76. The molecule has 5 nitrogen and oxygen atoms in total. The molecule has 1 atom stereocenters. The number of ether oxygens (including phenoxy) is 1. The van der Waals surface area contributed by atoms with Crippen LogP contribution in [0.3, 0.4) is 0 Å². The molecule has 2 aromatic rings. The third-order valence-electron chi connectivity index (χ3n) is 4.52. The van der Waals surface area contributed by atoms with Gasteiger partial charge in [0.1, 0.15) is 15.8 Å². The lowest BCUT2D eigenvalue weighted by molar-refractivity contribution is 0.0703. The number of likely N-dealkylation sites (tertiary alicyclic amines) is 1. The molecule has 0 N–H and O–H groups in total. The van der Waals surface area contributed by atoms with Gasteiger partial charge in [0.05, 0.1) is 12.7 Å². The zero-order valence-corrected chi connectivity index (χ0v) is 16.9. The van der Waals surface area contributed by atoms with Crippen LogP contribution in [0.4, 0.5) is 0 Å². The predicted octanol–water partition coefficient (Wildman–Crippen LogP) is 4.42. The van der Waals surface area contributed by atoms with Crippen LogP contribution in [-0.4, -0.2) is 41.2 Å². The highest BCUT2D eigenvalue weighted by molar-refractivity contribution is 7.11. The Morgan fingerprint density at radius 1 is 1.42 bits per heavy atom. The summed E-state index contributed by atoms with van der Waals surface area (Å²) in [5.74, 6) is 1.32. The molecular weight excluding hydrogens is 370 g/mol.